The summed E-state index contributed by atoms with van der Waals surface area (Å²) in [5.74, 6) is 0. The first-order valence-electron chi connectivity index (χ1n) is 6.14. The molecule has 19 heavy (non-hydrogen) atoms. The van der Waals surface area contributed by atoms with E-state index in [1.165, 1.54) is 5.57 Å². The van der Waals surface area contributed by atoms with Gasteiger partial charge in [-0.25, -0.2) is 9.78 Å². The average molecular weight is 345 g/mol. The van der Waals surface area contributed by atoms with Crippen LogP contribution >= 0.6 is 27.3 Å². The first-order chi connectivity index (χ1) is 8.85. The summed E-state index contributed by atoms with van der Waals surface area (Å²) in [7, 11) is 0. The zero-order valence-electron chi connectivity index (χ0n) is 11.3. The maximum absolute atomic E-state index is 11.9. The molecule has 0 saturated heterocycles. The van der Waals surface area contributed by atoms with Crippen molar-refractivity contribution in [3.63, 3.8) is 0 Å². The molecule has 0 aromatic carbocycles. The van der Waals surface area contributed by atoms with Crippen molar-refractivity contribution in [2.45, 2.75) is 32.8 Å². The van der Waals surface area contributed by atoms with Crippen molar-refractivity contribution in [1.82, 2.24) is 9.88 Å². The molecule has 2 rings (SSSR count). The Labute approximate surface area is 125 Å². The van der Waals surface area contributed by atoms with Gasteiger partial charge in [0.2, 0.25) is 0 Å². The van der Waals surface area contributed by atoms with Gasteiger partial charge in [-0.2, -0.15) is 0 Å². The van der Waals surface area contributed by atoms with Crippen molar-refractivity contribution in [3.05, 3.63) is 21.1 Å². The molecule has 0 spiro atoms. The second-order valence-electron chi connectivity index (χ2n) is 5.38. The van der Waals surface area contributed by atoms with Crippen LogP contribution in [0.1, 0.15) is 32.2 Å². The number of rotatable bonds is 1. The summed E-state index contributed by atoms with van der Waals surface area (Å²) in [4.78, 5) is 18.0. The highest BCUT2D eigenvalue weighted by atomic mass is 79.9. The van der Waals surface area contributed by atoms with Gasteiger partial charge in [0, 0.05) is 13.1 Å². The quantitative estimate of drug-likeness (QED) is 0.775. The molecule has 0 fully saturated rings. The molecular weight excluding hydrogens is 328 g/mol. The predicted octanol–water partition coefficient (Wildman–Crippen LogP) is 3.93. The lowest BCUT2D eigenvalue weighted by Gasteiger charge is -2.29. The van der Waals surface area contributed by atoms with Crippen LogP contribution in [0.5, 0.6) is 0 Å². The van der Waals surface area contributed by atoms with E-state index < -0.39 is 5.60 Å². The zero-order valence-corrected chi connectivity index (χ0v) is 13.7. The van der Waals surface area contributed by atoms with Crippen LogP contribution < -0.4 is 0 Å². The number of amides is 1. The average Bonchev–Trinajstić information content (AvgIpc) is 2.74. The fraction of sp³-hybridized carbons (Fsp3) is 0.538. The molecule has 104 valence electrons. The van der Waals surface area contributed by atoms with E-state index in [1.807, 2.05) is 20.8 Å². The summed E-state index contributed by atoms with van der Waals surface area (Å²) in [5, 5.41) is 1.02. The van der Waals surface area contributed by atoms with Gasteiger partial charge >= 0.3 is 6.09 Å². The fourth-order valence-electron chi connectivity index (χ4n) is 1.76. The Kier molecular flexibility index (Phi) is 4.30. The highest BCUT2D eigenvalue weighted by Crippen LogP contribution is 2.29. The minimum absolute atomic E-state index is 0.247. The summed E-state index contributed by atoms with van der Waals surface area (Å²) in [6.45, 7) is 6.90. The van der Waals surface area contributed by atoms with Gasteiger partial charge in [-0.3, -0.25) is 0 Å². The third kappa shape index (κ3) is 4.04. The third-order valence-electron chi connectivity index (χ3n) is 2.61. The molecule has 0 unspecified atom stereocenters. The summed E-state index contributed by atoms with van der Waals surface area (Å²) in [6.07, 6.45) is 4.43. The van der Waals surface area contributed by atoms with Gasteiger partial charge < -0.3 is 9.64 Å². The van der Waals surface area contributed by atoms with Crippen molar-refractivity contribution < 1.29 is 9.53 Å². The van der Waals surface area contributed by atoms with Crippen LogP contribution in [-0.4, -0.2) is 34.7 Å². The van der Waals surface area contributed by atoms with Crippen molar-refractivity contribution >= 4 is 38.9 Å². The second-order valence-corrected chi connectivity index (χ2v) is 7.79. The second kappa shape index (κ2) is 5.63. The fourth-order valence-corrected chi connectivity index (χ4v) is 3.03. The highest BCUT2D eigenvalue weighted by Gasteiger charge is 2.24. The molecular formula is C13H17BrN2O2S. The van der Waals surface area contributed by atoms with Crippen LogP contribution in [0.3, 0.4) is 0 Å². The van der Waals surface area contributed by atoms with Crippen LogP contribution in [0.25, 0.3) is 5.57 Å². The maximum atomic E-state index is 11.9. The lowest BCUT2D eigenvalue weighted by atomic mass is 10.1. The molecule has 1 aliphatic heterocycles. The normalized spacial score (nSPS) is 16.2. The highest BCUT2D eigenvalue weighted by molar-refractivity contribution is 9.11. The number of halogens is 1. The molecule has 1 aliphatic rings. The molecule has 1 aromatic heterocycles. The van der Waals surface area contributed by atoms with Gasteiger partial charge in [-0.1, -0.05) is 6.08 Å². The molecule has 0 bridgehead atoms. The van der Waals surface area contributed by atoms with E-state index in [9.17, 15) is 4.79 Å². The Morgan fingerprint density at radius 2 is 2.26 bits per heavy atom. The third-order valence-corrected chi connectivity index (χ3v) is 4.16. The molecule has 6 heteroatoms. The molecule has 1 amide bonds. The number of thiazole rings is 1. The van der Waals surface area contributed by atoms with Crippen LogP contribution in [0, 0.1) is 0 Å². The monoisotopic (exact) mass is 344 g/mol. The van der Waals surface area contributed by atoms with Crippen LogP contribution in [0.15, 0.2) is 16.1 Å². The number of ether oxygens (including phenoxy) is 1. The SMILES string of the molecule is CC(C)(C)OC(=O)N1CC=C(c2ncc(Br)s2)CC1. The Morgan fingerprint density at radius 1 is 1.53 bits per heavy atom. The van der Waals surface area contributed by atoms with Gasteiger partial charge in [-0.15, -0.1) is 11.3 Å². The largest absolute Gasteiger partial charge is 0.444 e. The first-order valence-corrected chi connectivity index (χ1v) is 7.75. The number of hydrogen-bond donors (Lipinski definition) is 0. The van der Waals surface area contributed by atoms with Crippen molar-refractivity contribution in [2.24, 2.45) is 0 Å². The molecule has 0 aliphatic carbocycles. The van der Waals surface area contributed by atoms with Gasteiger partial charge in [-0.05, 0) is 48.7 Å². The number of carbonyl (C=O) groups is 1. The minimum atomic E-state index is -0.443. The van der Waals surface area contributed by atoms with E-state index in [2.05, 4.69) is 27.0 Å². The Bertz CT molecular complexity index is 505. The Balaban J connectivity index is 1.98. The number of aromatic nitrogens is 1. The summed E-state index contributed by atoms with van der Waals surface area (Å²) < 4.78 is 6.39. The van der Waals surface area contributed by atoms with E-state index >= 15 is 0 Å². The van der Waals surface area contributed by atoms with Gasteiger partial charge in [0.1, 0.15) is 10.6 Å². The van der Waals surface area contributed by atoms with Crippen molar-refractivity contribution in [2.75, 3.05) is 13.1 Å². The first kappa shape index (κ1) is 14.5. The number of nitrogens with zero attached hydrogens (tertiary/aromatic N) is 2. The molecule has 0 N–H and O–H groups in total. The lowest BCUT2D eigenvalue weighted by molar-refractivity contribution is 0.0270. The summed E-state index contributed by atoms with van der Waals surface area (Å²) in [6, 6.07) is 0. The van der Waals surface area contributed by atoms with Gasteiger partial charge in [0.05, 0.1) is 9.98 Å². The van der Waals surface area contributed by atoms with E-state index in [0.29, 0.717) is 13.1 Å². The van der Waals surface area contributed by atoms with Crippen LogP contribution in [-0.2, 0) is 4.74 Å². The topological polar surface area (TPSA) is 42.4 Å². The Hall–Kier alpha value is -0.880. The molecule has 4 nitrogen and oxygen atoms in total. The molecule has 1 aromatic rings. The molecule has 0 radical (unpaired) electrons. The van der Waals surface area contributed by atoms with E-state index in [-0.39, 0.29) is 6.09 Å². The zero-order chi connectivity index (χ0) is 14.0. The van der Waals surface area contributed by atoms with Crippen LogP contribution in [0.2, 0.25) is 0 Å². The van der Waals surface area contributed by atoms with Gasteiger partial charge in [0.15, 0.2) is 0 Å². The minimum Gasteiger partial charge on any atom is -0.444 e. The van der Waals surface area contributed by atoms with Gasteiger partial charge in [0.25, 0.3) is 0 Å². The summed E-state index contributed by atoms with van der Waals surface area (Å²) in [5.41, 5.74) is 0.761. The number of carbonyl (C=O) groups excluding carboxylic acids is 1. The van der Waals surface area contributed by atoms with Crippen LogP contribution in [0.4, 0.5) is 4.79 Å². The summed E-state index contributed by atoms with van der Waals surface area (Å²) >= 11 is 5.03. The number of hydrogen-bond acceptors (Lipinski definition) is 4. The smallest absolute Gasteiger partial charge is 0.410 e. The molecule has 0 saturated carbocycles. The Morgan fingerprint density at radius 3 is 2.74 bits per heavy atom. The van der Waals surface area contributed by atoms with Crippen molar-refractivity contribution in [1.29, 1.82) is 0 Å². The van der Waals surface area contributed by atoms with E-state index in [1.54, 1.807) is 22.4 Å². The lowest BCUT2D eigenvalue weighted by Crippen LogP contribution is -2.39. The standard InChI is InChI=1S/C13H17BrN2O2S/c1-13(2,3)18-12(17)16-6-4-9(5-7-16)11-15-8-10(14)19-11/h4,8H,5-7H2,1-3H3. The maximum Gasteiger partial charge on any atom is 0.410 e. The predicted molar refractivity (Wildman–Crippen MR) is 80.2 cm³/mol. The molecule has 2 heterocycles. The molecule has 0 atom stereocenters. The van der Waals surface area contributed by atoms with E-state index in [4.69, 9.17) is 4.74 Å². The van der Waals surface area contributed by atoms with Crippen molar-refractivity contribution in [3.8, 4) is 0 Å². The van der Waals surface area contributed by atoms with E-state index in [0.717, 1.165) is 15.2 Å².